The number of aryl methyl sites for hydroxylation is 2. The second kappa shape index (κ2) is 9.13. The van der Waals surface area contributed by atoms with Gasteiger partial charge < -0.3 is 14.6 Å². The molecular weight excluding hydrogens is 476 g/mol. The number of thiazole rings is 1. The molecule has 1 aliphatic heterocycles. The van der Waals surface area contributed by atoms with Gasteiger partial charge in [-0.25, -0.2) is 4.98 Å². The first-order valence-electron chi connectivity index (χ1n) is 11.3. The van der Waals surface area contributed by atoms with Gasteiger partial charge in [-0.15, -0.1) is 0 Å². The summed E-state index contributed by atoms with van der Waals surface area (Å²) in [6.45, 7) is 3.97. The molecule has 7 nitrogen and oxygen atoms in total. The number of anilines is 1. The number of methoxy groups -OCH3 is 2. The summed E-state index contributed by atoms with van der Waals surface area (Å²) in [5, 5.41) is 11.7. The number of carbonyl (C=O) groups excluding carboxylic acids is 2. The molecule has 2 heterocycles. The minimum Gasteiger partial charge on any atom is -0.507 e. The van der Waals surface area contributed by atoms with Crippen LogP contribution in [0.15, 0.2) is 66.2 Å². The van der Waals surface area contributed by atoms with Gasteiger partial charge in [0.05, 0.1) is 36.1 Å². The Labute approximate surface area is 212 Å². The van der Waals surface area contributed by atoms with Crippen LogP contribution in [0.3, 0.4) is 0 Å². The first kappa shape index (κ1) is 23.6. The molecule has 4 aromatic rings. The van der Waals surface area contributed by atoms with Crippen LogP contribution >= 0.6 is 11.3 Å². The second-order valence-corrected chi connectivity index (χ2v) is 9.61. The molecular formula is C28H24N2O5S. The van der Waals surface area contributed by atoms with Gasteiger partial charge in [-0.2, -0.15) is 0 Å². The number of carbonyl (C=O) groups is 2. The number of amides is 1. The topological polar surface area (TPSA) is 89.0 Å². The van der Waals surface area contributed by atoms with Crippen LogP contribution in [0.2, 0.25) is 0 Å². The Morgan fingerprint density at radius 2 is 1.69 bits per heavy atom. The minimum atomic E-state index is -0.871. The molecule has 1 N–H and O–H groups in total. The number of rotatable bonds is 5. The normalized spacial score (nSPS) is 17.1. The molecule has 182 valence electrons. The van der Waals surface area contributed by atoms with Crippen LogP contribution in [0.5, 0.6) is 11.5 Å². The van der Waals surface area contributed by atoms with Crippen LogP contribution in [0, 0.1) is 13.8 Å². The molecule has 5 rings (SSSR count). The van der Waals surface area contributed by atoms with Crippen molar-refractivity contribution in [2.24, 2.45) is 0 Å². The zero-order valence-corrected chi connectivity index (χ0v) is 21.1. The fourth-order valence-electron chi connectivity index (χ4n) is 4.52. The summed E-state index contributed by atoms with van der Waals surface area (Å²) >= 11 is 1.34. The molecule has 0 unspecified atom stereocenters. The number of aliphatic hydroxyl groups is 1. The van der Waals surface area contributed by atoms with E-state index in [0.29, 0.717) is 27.8 Å². The van der Waals surface area contributed by atoms with Gasteiger partial charge in [0.15, 0.2) is 5.13 Å². The van der Waals surface area contributed by atoms with E-state index in [0.717, 1.165) is 21.3 Å². The lowest BCUT2D eigenvalue weighted by molar-refractivity contribution is -0.132. The standard InChI is InChI=1S/C28H24N2O5S/c1-15-12-16(2)23-21(13-15)36-28(29-23)30-24(17-8-10-19(34-3)11-9-17)22(26(32)27(30)33)25(31)18-6-5-7-20(14-18)35-4/h5-14,24,31H,1-4H3/b25-22+/t24-/m0/s1. The van der Waals surface area contributed by atoms with Crippen molar-refractivity contribution < 1.29 is 24.2 Å². The van der Waals surface area contributed by atoms with Gasteiger partial charge in [-0.1, -0.05) is 41.7 Å². The largest absolute Gasteiger partial charge is 0.507 e. The van der Waals surface area contributed by atoms with Gasteiger partial charge in [-0.05, 0) is 60.9 Å². The zero-order valence-electron chi connectivity index (χ0n) is 20.2. The number of hydrogen-bond donors (Lipinski definition) is 1. The van der Waals surface area contributed by atoms with Crippen molar-refractivity contribution >= 4 is 44.1 Å². The van der Waals surface area contributed by atoms with Crippen LogP contribution in [-0.2, 0) is 9.59 Å². The molecule has 0 saturated carbocycles. The number of aliphatic hydroxyl groups excluding tert-OH is 1. The summed E-state index contributed by atoms with van der Waals surface area (Å²) in [5.74, 6) is -0.637. The van der Waals surface area contributed by atoms with Crippen LogP contribution in [0.1, 0.15) is 28.3 Å². The highest BCUT2D eigenvalue weighted by atomic mass is 32.1. The quantitative estimate of drug-likeness (QED) is 0.219. The zero-order chi connectivity index (χ0) is 25.6. The maximum atomic E-state index is 13.5. The molecule has 1 atom stereocenters. The number of ketones is 1. The maximum Gasteiger partial charge on any atom is 0.301 e. The molecule has 1 aliphatic rings. The Morgan fingerprint density at radius 3 is 2.39 bits per heavy atom. The highest BCUT2D eigenvalue weighted by Gasteiger charge is 2.48. The molecule has 1 amide bonds. The van der Waals surface area contributed by atoms with Gasteiger partial charge >= 0.3 is 5.91 Å². The predicted octanol–water partition coefficient (Wildman–Crippen LogP) is 5.56. The van der Waals surface area contributed by atoms with E-state index in [1.165, 1.54) is 23.3 Å². The van der Waals surface area contributed by atoms with Crippen LogP contribution in [0.25, 0.3) is 16.0 Å². The highest BCUT2D eigenvalue weighted by molar-refractivity contribution is 7.22. The average molecular weight is 501 g/mol. The Bertz CT molecular complexity index is 1540. The summed E-state index contributed by atoms with van der Waals surface area (Å²) in [6, 6.07) is 17.0. The van der Waals surface area contributed by atoms with Crippen LogP contribution in [-0.4, -0.2) is 36.0 Å². The lowest BCUT2D eigenvalue weighted by atomic mass is 9.95. The van der Waals surface area contributed by atoms with Gasteiger partial charge in [0.1, 0.15) is 17.3 Å². The third-order valence-electron chi connectivity index (χ3n) is 6.24. The molecule has 0 radical (unpaired) electrons. The van der Waals surface area contributed by atoms with Crippen molar-refractivity contribution in [2.45, 2.75) is 19.9 Å². The van der Waals surface area contributed by atoms with Crippen molar-refractivity contribution in [1.29, 1.82) is 0 Å². The number of nitrogens with zero attached hydrogens (tertiary/aromatic N) is 2. The van der Waals surface area contributed by atoms with Crippen LogP contribution < -0.4 is 14.4 Å². The summed E-state index contributed by atoms with van der Waals surface area (Å²) in [7, 11) is 3.08. The second-order valence-electron chi connectivity index (χ2n) is 8.60. The molecule has 8 heteroatoms. The van der Waals surface area contributed by atoms with Gasteiger partial charge in [-0.3, -0.25) is 14.5 Å². The van der Waals surface area contributed by atoms with E-state index >= 15 is 0 Å². The van der Waals surface area contributed by atoms with Crippen LogP contribution in [0.4, 0.5) is 5.13 Å². The van der Waals surface area contributed by atoms with Gasteiger partial charge in [0.2, 0.25) is 0 Å². The number of benzene rings is 3. The number of ether oxygens (including phenoxy) is 2. The summed E-state index contributed by atoms with van der Waals surface area (Å²) in [4.78, 5) is 33.0. The molecule has 0 bridgehead atoms. The van der Waals surface area contributed by atoms with E-state index in [1.54, 1.807) is 55.6 Å². The average Bonchev–Trinajstić information content (AvgIpc) is 3.42. The molecule has 1 aromatic heterocycles. The van der Waals surface area contributed by atoms with Crippen molar-refractivity contribution in [3.63, 3.8) is 0 Å². The molecule has 0 spiro atoms. The van der Waals surface area contributed by atoms with Crippen molar-refractivity contribution in [1.82, 2.24) is 4.98 Å². The minimum absolute atomic E-state index is 0.00872. The molecule has 0 aliphatic carbocycles. The number of hydrogen-bond acceptors (Lipinski definition) is 7. The SMILES string of the molecule is COc1ccc([C@H]2/C(=C(\O)c3cccc(OC)c3)C(=O)C(=O)N2c2nc3c(C)cc(C)cc3s2)cc1. The van der Waals surface area contributed by atoms with Crippen molar-refractivity contribution in [2.75, 3.05) is 19.1 Å². The van der Waals surface area contributed by atoms with Gasteiger partial charge in [0, 0.05) is 5.56 Å². The molecule has 1 saturated heterocycles. The Hall–Kier alpha value is -4.17. The highest BCUT2D eigenvalue weighted by Crippen LogP contribution is 2.45. The third kappa shape index (κ3) is 3.89. The monoisotopic (exact) mass is 500 g/mol. The number of Topliss-reactive ketones (excluding diaryl/α,β-unsaturated/α-hetero) is 1. The van der Waals surface area contributed by atoms with E-state index in [2.05, 4.69) is 0 Å². The van der Waals surface area contributed by atoms with Crippen molar-refractivity contribution in [3.05, 3.63) is 88.5 Å². The summed E-state index contributed by atoms with van der Waals surface area (Å²) in [6.07, 6.45) is 0. The Balaban J connectivity index is 1.73. The number of aromatic nitrogens is 1. The number of fused-ring (bicyclic) bond motifs is 1. The van der Waals surface area contributed by atoms with E-state index in [-0.39, 0.29) is 11.3 Å². The van der Waals surface area contributed by atoms with Gasteiger partial charge in [0.25, 0.3) is 5.78 Å². The van der Waals surface area contributed by atoms with E-state index in [4.69, 9.17) is 14.5 Å². The van der Waals surface area contributed by atoms with E-state index < -0.39 is 17.7 Å². The third-order valence-corrected chi connectivity index (χ3v) is 7.25. The maximum absolute atomic E-state index is 13.5. The lowest BCUT2D eigenvalue weighted by Crippen LogP contribution is -2.29. The fourth-order valence-corrected chi connectivity index (χ4v) is 5.69. The lowest BCUT2D eigenvalue weighted by Gasteiger charge is -2.23. The molecule has 36 heavy (non-hydrogen) atoms. The van der Waals surface area contributed by atoms with E-state index in [9.17, 15) is 14.7 Å². The fraction of sp³-hybridized carbons (Fsp3) is 0.179. The summed E-state index contributed by atoms with van der Waals surface area (Å²) in [5.41, 5.74) is 3.87. The molecule has 3 aromatic carbocycles. The predicted molar refractivity (Wildman–Crippen MR) is 140 cm³/mol. The van der Waals surface area contributed by atoms with Crippen molar-refractivity contribution in [3.8, 4) is 11.5 Å². The Kier molecular flexibility index (Phi) is 5.97. The first-order chi connectivity index (χ1) is 17.3. The Morgan fingerprint density at radius 1 is 0.972 bits per heavy atom. The molecule has 1 fully saturated rings. The summed E-state index contributed by atoms with van der Waals surface area (Å²) < 4.78 is 11.5. The first-order valence-corrected chi connectivity index (χ1v) is 12.1. The van der Waals surface area contributed by atoms with E-state index in [1.807, 2.05) is 26.0 Å². The smallest absolute Gasteiger partial charge is 0.301 e.